The number of nitrogen functional groups attached to an aromatic ring is 1. The van der Waals surface area contributed by atoms with Crippen LogP contribution < -0.4 is 24.7 Å². The van der Waals surface area contributed by atoms with Gasteiger partial charge in [-0.1, -0.05) is 0 Å². The second-order valence-electron chi connectivity index (χ2n) is 6.52. The van der Waals surface area contributed by atoms with Gasteiger partial charge in [0.15, 0.2) is 11.5 Å². The van der Waals surface area contributed by atoms with Crippen molar-refractivity contribution in [3.05, 3.63) is 47.8 Å². The molecule has 0 spiro atoms. The van der Waals surface area contributed by atoms with Crippen molar-refractivity contribution in [2.45, 2.75) is 0 Å². The molecule has 2 N–H and O–H groups in total. The molecule has 0 fully saturated rings. The molecule has 0 atom stereocenters. The van der Waals surface area contributed by atoms with Crippen molar-refractivity contribution in [1.82, 2.24) is 14.8 Å². The van der Waals surface area contributed by atoms with Crippen molar-refractivity contribution in [3.8, 4) is 50.6 Å². The summed E-state index contributed by atoms with van der Waals surface area (Å²) in [5.74, 6) is 2.87. The molecule has 4 aromatic rings. The van der Waals surface area contributed by atoms with E-state index in [1.165, 1.54) is 11.3 Å². The Labute approximate surface area is 183 Å². The molecule has 0 radical (unpaired) electrons. The predicted octanol–water partition coefficient (Wildman–Crippen LogP) is 4.28. The summed E-state index contributed by atoms with van der Waals surface area (Å²) in [6, 6.07) is 13.2. The van der Waals surface area contributed by atoms with Crippen LogP contribution in [0.5, 0.6) is 23.0 Å². The van der Waals surface area contributed by atoms with Gasteiger partial charge >= 0.3 is 0 Å². The Kier molecular flexibility index (Phi) is 5.68. The first-order valence-electron chi connectivity index (χ1n) is 9.34. The Morgan fingerprint density at radius 1 is 0.806 bits per heavy atom. The van der Waals surface area contributed by atoms with E-state index in [1.807, 2.05) is 41.8 Å². The Bertz CT molecular complexity index is 1180. The number of rotatable bonds is 7. The number of nitrogens with zero attached hydrogens (tertiary/aromatic N) is 3. The highest BCUT2D eigenvalue weighted by molar-refractivity contribution is 7.12. The van der Waals surface area contributed by atoms with E-state index in [2.05, 4.69) is 5.10 Å². The highest BCUT2D eigenvalue weighted by atomic mass is 32.1. The molecule has 0 aliphatic heterocycles. The molecule has 160 valence electrons. The zero-order valence-corrected chi connectivity index (χ0v) is 18.4. The summed E-state index contributed by atoms with van der Waals surface area (Å²) in [6.07, 6.45) is 0. The molecule has 8 nitrogen and oxygen atoms in total. The third kappa shape index (κ3) is 3.87. The Morgan fingerprint density at radius 3 is 2.06 bits per heavy atom. The third-order valence-corrected chi connectivity index (χ3v) is 5.57. The minimum atomic E-state index is 0.472. The van der Waals surface area contributed by atoms with Crippen molar-refractivity contribution < 1.29 is 18.9 Å². The lowest BCUT2D eigenvalue weighted by atomic mass is 10.1. The third-order valence-electron chi connectivity index (χ3n) is 4.76. The van der Waals surface area contributed by atoms with Crippen LogP contribution in [0.3, 0.4) is 0 Å². The van der Waals surface area contributed by atoms with Gasteiger partial charge in [-0.15, -0.1) is 11.3 Å². The minimum absolute atomic E-state index is 0.472. The van der Waals surface area contributed by atoms with Crippen molar-refractivity contribution in [3.63, 3.8) is 0 Å². The predicted molar refractivity (Wildman–Crippen MR) is 121 cm³/mol. The van der Waals surface area contributed by atoms with Crippen LogP contribution in [0.4, 0.5) is 5.82 Å². The van der Waals surface area contributed by atoms with E-state index in [0.29, 0.717) is 33.9 Å². The fraction of sp³-hybridized carbons (Fsp3) is 0.182. The number of thiazole rings is 1. The van der Waals surface area contributed by atoms with E-state index < -0.39 is 0 Å². The standard InChI is InChI=1S/C22H22N4O4S/c1-27-15-7-5-13(6-8-15)17-12-31-22(24-17)26-20(23)11-16(25-26)14-9-18(28-2)21(30-4)19(10-14)29-3/h5-12H,23H2,1-4H3. The Hall–Kier alpha value is -3.72. The number of ether oxygens (including phenoxy) is 4. The first-order valence-corrected chi connectivity index (χ1v) is 10.2. The average molecular weight is 439 g/mol. The van der Waals surface area contributed by atoms with Crippen LogP contribution in [0.15, 0.2) is 47.8 Å². The van der Waals surface area contributed by atoms with Gasteiger partial charge < -0.3 is 24.7 Å². The topological polar surface area (TPSA) is 93.7 Å². The molecule has 31 heavy (non-hydrogen) atoms. The summed E-state index contributed by atoms with van der Waals surface area (Å²) in [7, 11) is 6.35. The highest BCUT2D eigenvalue weighted by Gasteiger charge is 2.18. The van der Waals surface area contributed by atoms with Gasteiger partial charge in [0.05, 0.1) is 39.8 Å². The first-order chi connectivity index (χ1) is 15.1. The van der Waals surface area contributed by atoms with E-state index in [9.17, 15) is 0 Å². The summed E-state index contributed by atoms with van der Waals surface area (Å²) in [4.78, 5) is 4.70. The van der Waals surface area contributed by atoms with E-state index in [4.69, 9.17) is 29.7 Å². The molecule has 0 aliphatic carbocycles. The number of benzene rings is 2. The van der Waals surface area contributed by atoms with E-state index in [-0.39, 0.29) is 0 Å². The lowest BCUT2D eigenvalue weighted by molar-refractivity contribution is 0.324. The summed E-state index contributed by atoms with van der Waals surface area (Å²) in [5, 5.41) is 7.30. The zero-order chi connectivity index (χ0) is 22.0. The molecule has 9 heteroatoms. The van der Waals surface area contributed by atoms with Crippen LogP contribution in [0.25, 0.3) is 27.6 Å². The number of nitrogens with two attached hydrogens (primary N) is 1. The summed E-state index contributed by atoms with van der Waals surface area (Å²) in [6.45, 7) is 0. The average Bonchev–Trinajstić information content (AvgIpc) is 3.44. The highest BCUT2D eigenvalue weighted by Crippen LogP contribution is 2.41. The smallest absolute Gasteiger partial charge is 0.212 e. The lowest BCUT2D eigenvalue weighted by Gasteiger charge is -2.13. The van der Waals surface area contributed by atoms with Gasteiger partial charge in [0, 0.05) is 22.6 Å². The number of methoxy groups -OCH3 is 4. The normalized spacial score (nSPS) is 10.7. The van der Waals surface area contributed by atoms with Crippen molar-refractivity contribution in [2.24, 2.45) is 0 Å². The number of hydrogen-bond acceptors (Lipinski definition) is 8. The largest absolute Gasteiger partial charge is 0.497 e. The van der Waals surface area contributed by atoms with Gasteiger partial charge in [0.1, 0.15) is 11.6 Å². The Morgan fingerprint density at radius 2 is 1.48 bits per heavy atom. The van der Waals surface area contributed by atoms with Crippen LogP contribution >= 0.6 is 11.3 Å². The van der Waals surface area contributed by atoms with Crippen LogP contribution in [-0.4, -0.2) is 43.2 Å². The number of anilines is 1. The maximum atomic E-state index is 6.26. The summed E-state index contributed by atoms with van der Waals surface area (Å²) in [5.41, 5.74) is 9.53. The molecule has 0 amide bonds. The van der Waals surface area contributed by atoms with Gasteiger partial charge in [-0.05, 0) is 36.4 Å². The quantitative estimate of drug-likeness (QED) is 0.460. The lowest BCUT2D eigenvalue weighted by Crippen LogP contribution is -2.01. The molecule has 0 bridgehead atoms. The molecule has 2 aromatic heterocycles. The molecular weight excluding hydrogens is 416 g/mol. The first kappa shape index (κ1) is 20.5. The maximum Gasteiger partial charge on any atom is 0.212 e. The molecule has 4 rings (SSSR count). The van der Waals surface area contributed by atoms with E-state index >= 15 is 0 Å². The molecule has 0 unspecified atom stereocenters. The number of aromatic nitrogens is 3. The molecule has 0 saturated heterocycles. The molecule has 0 saturated carbocycles. The van der Waals surface area contributed by atoms with Crippen molar-refractivity contribution in [2.75, 3.05) is 34.2 Å². The fourth-order valence-corrected chi connectivity index (χ4v) is 3.98. The van der Waals surface area contributed by atoms with Crippen LogP contribution in [-0.2, 0) is 0 Å². The monoisotopic (exact) mass is 438 g/mol. The maximum absolute atomic E-state index is 6.26. The zero-order valence-electron chi connectivity index (χ0n) is 17.6. The minimum Gasteiger partial charge on any atom is -0.497 e. The van der Waals surface area contributed by atoms with Crippen LogP contribution in [0, 0.1) is 0 Å². The SMILES string of the molecule is COc1ccc(-c2csc(-n3nc(-c4cc(OC)c(OC)c(OC)c4)cc3N)n2)cc1. The van der Waals surface area contributed by atoms with Crippen LogP contribution in [0.1, 0.15) is 0 Å². The van der Waals surface area contributed by atoms with E-state index in [0.717, 1.165) is 22.6 Å². The molecule has 0 aliphatic rings. The van der Waals surface area contributed by atoms with Crippen LogP contribution in [0.2, 0.25) is 0 Å². The number of hydrogen-bond donors (Lipinski definition) is 1. The molecule has 2 aromatic carbocycles. The fourth-order valence-electron chi connectivity index (χ4n) is 3.17. The van der Waals surface area contributed by atoms with Gasteiger partial charge in [0.25, 0.3) is 0 Å². The summed E-state index contributed by atoms with van der Waals surface area (Å²) >= 11 is 1.46. The van der Waals surface area contributed by atoms with E-state index in [1.54, 1.807) is 39.2 Å². The Balaban J connectivity index is 1.69. The summed E-state index contributed by atoms with van der Waals surface area (Å²) < 4.78 is 23.1. The van der Waals surface area contributed by atoms with Gasteiger partial charge in [-0.2, -0.15) is 9.78 Å². The molecular formula is C22H22N4O4S. The molecule has 2 heterocycles. The second-order valence-corrected chi connectivity index (χ2v) is 7.36. The van der Waals surface area contributed by atoms with Gasteiger partial charge in [-0.25, -0.2) is 4.98 Å². The van der Waals surface area contributed by atoms with Gasteiger partial charge in [0.2, 0.25) is 10.9 Å². The van der Waals surface area contributed by atoms with Crippen molar-refractivity contribution in [1.29, 1.82) is 0 Å². The van der Waals surface area contributed by atoms with Gasteiger partial charge in [-0.3, -0.25) is 0 Å². The van der Waals surface area contributed by atoms with Crippen molar-refractivity contribution >= 4 is 17.2 Å². The second kappa shape index (κ2) is 8.57.